The average Bonchev–Trinajstić information content (AvgIpc) is 3.64. The first-order valence-corrected chi connectivity index (χ1v) is 21.1. The lowest BCUT2D eigenvalue weighted by atomic mass is 9.66. The molecule has 0 radical (unpaired) electrons. The lowest BCUT2D eigenvalue weighted by Gasteiger charge is -2.39. The summed E-state index contributed by atoms with van der Waals surface area (Å²) in [5, 5.41) is 7.56. The van der Waals surface area contributed by atoms with Gasteiger partial charge in [-0.3, -0.25) is 0 Å². The molecule has 2 aliphatic rings. The fourth-order valence-corrected chi connectivity index (χ4v) is 10.3. The maximum atomic E-state index is 6.71. The van der Waals surface area contributed by atoms with Gasteiger partial charge in [0.25, 0.3) is 0 Å². The highest BCUT2D eigenvalue weighted by molar-refractivity contribution is 6.25. The molecule has 288 valence electrons. The lowest BCUT2D eigenvalue weighted by molar-refractivity contribution is 0.436. The predicted molar refractivity (Wildman–Crippen MR) is 251 cm³/mol. The van der Waals surface area contributed by atoms with Crippen molar-refractivity contribution in [1.82, 2.24) is 15.0 Å². The van der Waals surface area contributed by atoms with Gasteiger partial charge in [0.05, 0.1) is 5.41 Å². The lowest BCUT2D eigenvalue weighted by Crippen LogP contribution is -2.32. The Balaban J connectivity index is 1.11. The van der Waals surface area contributed by atoms with Crippen molar-refractivity contribution >= 4 is 32.3 Å². The number of rotatable bonds is 4. The van der Waals surface area contributed by atoms with Crippen molar-refractivity contribution in [1.29, 1.82) is 0 Å². The topological polar surface area (TPSA) is 47.9 Å². The third-order valence-electron chi connectivity index (χ3n) is 13.0. The van der Waals surface area contributed by atoms with Crippen LogP contribution in [0.15, 0.2) is 212 Å². The summed E-state index contributed by atoms with van der Waals surface area (Å²) < 4.78 is 6.71. The second kappa shape index (κ2) is 13.4. The minimum Gasteiger partial charge on any atom is -0.457 e. The third-order valence-corrected chi connectivity index (χ3v) is 13.0. The predicted octanol–water partition coefficient (Wildman–Crippen LogP) is 14.5. The second-order valence-corrected chi connectivity index (χ2v) is 16.2. The molecule has 13 rings (SSSR count). The van der Waals surface area contributed by atoms with Crippen LogP contribution < -0.4 is 4.74 Å². The molecule has 0 atom stereocenters. The first kappa shape index (κ1) is 34.6. The van der Waals surface area contributed by atoms with Crippen LogP contribution in [0.25, 0.3) is 88.7 Å². The molecule has 4 nitrogen and oxygen atoms in total. The van der Waals surface area contributed by atoms with Crippen molar-refractivity contribution in [2.24, 2.45) is 0 Å². The number of ether oxygens (including phenoxy) is 1. The van der Waals surface area contributed by atoms with Gasteiger partial charge in [-0.05, 0) is 90.0 Å². The highest BCUT2D eigenvalue weighted by Crippen LogP contribution is 2.63. The Morgan fingerprint density at radius 3 is 1.37 bits per heavy atom. The minimum absolute atomic E-state index is 0.626. The van der Waals surface area contributed by atoms with E-state index in [1.807, 2.05) is 36.4 Å². The molecule has 0 unspecified atom stereocenters. The van der Waals surface area contributed by atoms with Crippen LogP contribution in [0.3, 0.4) is 0 Å². The number of hydrogen-bond donors (Lipinski definition) is 0. The third kappa shape index (κ3) is 4.98. The van der Waals surface area contributed by atoms with Gasteiger partial charge in [0.1, 0.15) is 11.5 Å². The van der Waals surface area contributed by atoms with Gasteiger partial charge in [-0.15, -0.1) is 0 Å². The zero-order valence-corrected chi connectivity index (χ0v) is 33.5. The summed E-state index contributed by atoms with van der Waals surface area (Å²) in [5.74, 6) is 3.59. The van der Waals surface area contributed by atoms with Gasteiger partial charge in [0.2, 0.25) is 0 Å². The molecule has 1 aliphatic heterocycles. The van der Waals surface area contributed by atoms with Gasteiger partial charge in [-0.1, -0.05) is 188 Å². The molecule has 62 heavy (non-hydrogen) atoms. The number of benzene rings is 10. The van der Waals surface area contributed by atoms with Gasteiger partial charge in [0, 0.05) is 27.8 Å². The molecule has 0 fully saturated rings. The van der Waals surface area contributed by atoms with E-state index in [4.69, 9.17) is 19.7 Å². The number of fused-ring (bicyclic) bond motifs is 15. The maximum Gasteiger partial charge on any atom is 0.164 e. The van der Waals surface area contributed by atoms with Crippen molar-refractivity contribution in [3.8, 4) is 67.9 Å². The van der Waals surface area contributed by atoms with Crippen LogP contribution >= 0.6 is 0 Å². The van der Waals surface area contributed by atoms with Gasteiger partial charge < -0.3 is 4.74 Å². The molecule has 1 aliphatic carbocycles. The number of hydrogen-bond acceptors (Lipinski definition) is 4. The zero-order valence-electron chi connectivity index (χ0n) is 33.5. The molecule has 11 aromatic rings. The molecule has 10 aromatic carbocycles. The first-order chi connectivity index (χ1) is 30.7. The number of aromatic nitrogens is 3. The molecule has 1 aromatic heterocycles. The normalized spacial score (nSPS) is 13.1. The van der Waals surface area contributed by atoms with E-state index >= 15 is 0 Å². The van der Waals surface area contributed by atoms with E-state index in [2.05, 4.69) is 176 Å². The van der Waals surface area contributed by atoms with E-state index in [0.717, 1.165) is 61.6 Å². The molecule has 2 heterocycles. The zero-order chi connectivity index (χ0) is 40.8. The van der Waals surface area contributed by atoms with Crippen molar-refractivity contribution in [2.75, 3.05) is 0 Å². The van der Waals surface area contributed by atoms with E-state index < -0.39 is 5.41 Å². The Morgan fingerprint density at radius 2 is 0.758 bits per heavy atom. The van der Waals surface area contributed by atoms with Crippen molar-refractivity contribution < 1.29 is 4.74 Å². The Morgan fingerprint density at radius 1 is 0.290 bits per heavy atom. The standard InChI is InChI=1S/C58H35N3O/c1-3-16-36(17-4-1)55-59-56(37-18-5-2-6-19-37)61-57(60-55)45-24-15-27-51-54(45)47-35-39(31-33-48(47)58(51)49-25-11-13-28-52(49)62-53-29-14-12-26-50(53)58)38-30-32-44-42-22-8-7-20-40(42)41-21-9-10-23-43(41)46(44)34-38/h1-35H. The summed E-state index contributed by atoms with van der Waals surface area (Å²) in [4.78, 5) is 15.6. The minimum atomic E-state index is -0.666. The Kier molecular flexibility index (Phi) is 7.49. The van der Waals surface area contributed by atoms with Crippen LogP contribution in [0, 0.1) is 0 Å². The molecule has 0 saturated carbocycles. The quantitative estimate of drug-likeness (QED) is 0.167. The van der Waals surface area contributed by atoms with Crippen molar-refractivity contribution in [3.63, 3.8) is 0 Å². The Hall–Kier alpha value is -8.21. The summed E-state index contributed by atoms with van der Waals surface area (Å²) >= 11 is 0. The first-order valence-electron chi connectivity index (χ1n) is 21.1. The smallest absolute Gasteiger partial charge is 0.164 e. The fourth-order valence-electron chi connectivity index (χ4n) is 10.3. The Bertz CT molecular complexity index is 3480. The van der Waals surface area contributed by atoms with Crippen molar-refractivity contribution in [3.05, 3.63) is 235 Å². The van der Waals surface area contributed by atoms with Crippen LogP contribution in [0.1, 0.15) is 22.3 Å². The van der Waals surface area contributed by atoms with Crippen LogP contribution in [0.2, 0.25) is 0 Å². The SMILES string of the molecule is c1ccc(-c2nc(-c3ccccc3)nc(-c3cccc4c3-c3cc(-c5ccc6c7ccccc7c7ccccc7c6c5)ccc3C43c4ccccc4Oc4ccccc43)n2)cc1. The van der Waals surface area contributed by atoms with E-state index in [1.54, 1.807) is 0 Å². The van der Waals surface area contributed by atoms with Gasteiger partial charge in [-0.2, -0.15) is 0 Å². The summed E-state index contributed by atoms with van der Waals surface area (Å²) in [6, 6.07) is 75.6. The van der Waals surface area contributed by atoms with Gasteiger partial charge in [0.15, 0.2) is 17.5 Å². The summed E-state index contributed by atoms with van der Waals surface area (Å²) in [7, 11) is 0. The van der Waals surface area contributed by atoms with Crippen LogP contribution in [0.4, 0.5) is 0 Å². The van der Waals surface area contributed by atoms with E-state index in [0.29, 0.717) is 17.5 Å². The number of para-hydroxylation sites is 2. The van der Waals surface area contributed by atoms with Gasteiger partial charge in [-0.25, -0.2) is 15.0 Å². The highest BCUT2D eigenvalue weighted by Gasteiger charge is 2.52. The largest absolute Gasteiger partial charge is 0.457 e. The monoisotopic (exact) mass is 789 g/mol. The molecule has 0 bridgehead atoms. The molecular formula is C58H35N3O. The summed E-state index contributed by atoms with van der Waals surface area (Å²) in [5.41, 5.74) is 11.3. The fraction of sp³-hybridized carbons (Fsp3) is 0.0172. The van der Waals surface area contributed by atoms with Crippen LogP contribution in [-0.4, -0.2) is 15.0 Å². The van der Waals surface area contributed by atoms with E-state index in [9.17, 15) is 0 Å². The second-order valence-electron chi connectivity index (χ2n) is 16.2. The molecular weight excluding hydrogens is 755 g/mol. The molecule has 0 N–H and O–H groups in total. The molecule has 4 heteroatoms. The average molecular weight is 790 g/mol. The van der Waals surface area contributed by atoms with E-state index in [1.165, 1.54) is 43.4 Å². The molecule has 0 saturated heterocycles. The number of nitrogens with zero attached hydrogens (tertiary/aromatic N) is 3. The Labute approximate surface area is 358 Å². The van der Waals surface area contributed by atoms with Crippen LogP contribution in [0.5, 0.6) is 11.5 Å². The van der Waals surface area contributed by atoms with E-state index in [-0.39, 0.29) is 0 Å². The van der Waals surface area contributed by atoms with Crippen molar-refractivity contribution in [2.45, 2.75) is 5.41 Å². The molecule has 0 amide bonds. The van der Waals surface area contributed by atoms with Gasteiger partial charge >= 0.3 is 0 Å². The van der Waals surface area contributed by atoms with Crippen LogP contribution in [-0.2, 0) is 5.41 Å². The summed E-state index contributed by atoms with van der Waals surface area (Å²) in [6.07, 6.45) is 0. The highest BCUT2D eigenvalue weighted by atomic mass is 16.5. The maximum absolute atomic E-state index is 6.71. The molecule has 1 spiro atoms. The summed E-state index contributed by atoms with van der Waals surface area (Å²) in [6.45, 7) is 0.